The molecule has 88 valence electrons. The van der Waals surface area contributed by atoms with Gasteiger partial charge in [-0.15, -0.1) is 0 Å². The van der Waals surface area contributed by atoms with E-state index in [2.05, 4.69) is 13.8 Å². The molecule has 0 spiro atoms. The molecule has 0 radical (unpaired) electrons. The second-order valence-electron chi connectivity index (χ2n) is 6.03. The van der Waals surface area contributed by atoms with Crippen molar-refractivity contribution < 1.29 is 4.79 Å². The Labute approximate surface area is 93.0 Å². The van der Waals surface area contributed by atoms with Crippen molar-refractivity contribution in [2.45, 2.75) is 52.5 Å². The van der Waals surface area contributed by atoms with Crippen molar-refractivity contribution in [1.29, 1.82) is 0 Å². The molecule has 0 aromatic heterocycles. The summed E-state index contributed by atoms with van der Waals surface area (Å²) in [6.07, 6.45) is 3.37. The third kappa shape index (κ3) is 3.49. The predicted molar refractivity (Wildman–Crippen MR) is 62.5 cm³/mol. The van der Waals surface area contributed by atoms with Gasteiger partial charge in [-0.2, -0.15) is 0 Å². The molecule has 3 nitrogen and oxygen atoms in total. The van der Waals surface area contributed by atoms with E-state index in [1.807, 2.05) is 4.90 Å². The Kier molecular flexibility index (Phi) is 3.44. The molecule has 0 bridgehead atoms. The number of nitrogens with zero attached hydrogens (tertiary/aromatic N) is 1. The summed E-state index contributed by atoms with van der Waals surface area (Å²) in [5.41, 5.74) is 5.48. The third-order valence-electron chi connectivity index (χ3n) is 3.18. The molecule has 0 unspecified atom stereocenters. The maximum Gasteiger partial charge on any atom is 0.242 e. The SMILES string of the molecule is CC1(C)CCCN(C(=O)C(C)(C)N)CC1. The average molecular weight is 212 g/mol. The minimum absolute atomic E-state index is 0.0835. The first-order valence-corrected chi connectivity index (χ1v) is 5.81. The molecule has 1 amide bonds. The summed E-state index contributed by atoms with van der Waals surface area (Å²) in [7, 11) is 0. The Morgan fingerprint density at radius 3 is 2.40 bits per heavy atom. The summed E-state index contributed by atoms with van der Waals surface area (Å²) in [6, 6.07) is 0. The number of amides is 1. The van der Waals surface area contributed by atoms with Gasteiger partial charge in [0.05, 0.1) is 5.54 Å². The van der Waals surface area contributed by atoms with Crippen LogP contribution in [0.1, 0.15) is 47.0 Å². The minimum atomic E-state index is -0.728. The van der Waals surface area contributed by atoms with E-state index in [-0.39, 0.29) is 5.91 Å². The van der Waals surface area contributed by atoms with Crippen LogP contribution in [0.3, 0.4) is 0 Å². The summed E-state index contributed by atoms with van der Waals surface area (Å²) in [4.78, 5) is 13.9. The molecular weight excluding hydrogens is 188 g/mol. The largest absolute Gasteiger partial charge is 0.341 e. The maximum atomic E-state index is 12.0. The monoisotopic (exact) mass is 212 g/mol. The minimum Gasteiger partial charge on any atom is -0.341 e. The van der Waals surface area contributed by atoms with Crippen LogP contribution >= 0.6 is 0 Å². The van der Waals surface area contributed by atoms with Crippen LogP contribution in [0.5, 0.6) is 0 Å². The Bertz CT molecular complexity index is 240. The second-order valence-corrected chi connectivity index (χ2v) is 6.03. The molecule has 0 aromatic carbocycles. The molecule has 0 atom stereocenters. The van der Waals surface area contributed by atoms with Gasteiger partial charge in [0, 0.05) is 13.1 Å². The third-order valence-corrected chi connectivity index (χ3v) is 3.18. The summed E-state index contributed by atoms with van der Waals surface area (Å²) in [5.74, 6) is 0.0835. The van der Waals surface area contributed by atoms with Gasteiger partial charge in [-0.3, -0.25) is 4.79 Å². The van der Waals surface area contributed by atoms with Crippen LogP contribution in [-0.2, 0) is 4.79 Å². The lowest BCUT2D eigenvalue weighted by Crippen LogP contribution is -2.51. The van der Waals surface area contributed by atoms with Crippen LogP contribution in [-0.4, -0.2) is 29.4 Å². The highest BCUT2D eigenvalue weighted by Crippen LogP contribution is 2.30. The molecule has 2 N–H and O–H groups in total. The number of rotatable bonds is 1. The Hall–Kier alpha value is -0.570. The predicted octanol–water partition coefficient (Wildman–Crippen LogP) is 1.76. The first-order valence-electron chi connectivity index (χ1n) is 5.81. The lowest BCUT2D eigenvalue weighted by Gasteiger charge is -2.29. The van der Waals surface area contributed by atoms with E-state index in [1.54, 1.807) is 13.8 Å². The molecule has 1 fully saturated rings. The van der Waals surface area contributed by atoms with Crippen LogP contribution in [0, 0.1) is 5.41 Å². The van der Waals surface area contributed by atoms with E-state index in [0.29, 0.717) is 5.41 Å². The Balaban J connectivity index is 2.62. The van der Waals surface area contributed by atoms with E-state index < -0.39 is 5.54 Å². The van der Waals surface area contributed by atoms with Gasteiger partial charge in [0.15, 0.2) is 0 Å². The lowest BCUT2D eigenvalue weighted by atomic mass is 9.85. The topological polar surface area (TPSA) is 46.3 Å². The number of carbonyl (C=O) groups excluding carboxylic acids is 1. The lowest BCUT2D eigenvalue weighted by molar-refractivity contribution is -0.135. The van der Waals surface area contributed by atoms with E-state index in [4.69, 9.17) is 5.73 Å². The van der Waals surface area contributed by atoms with Gasteiger partial charge >= 0.3 is 0 Å². The molecule has 0 aliphatic carbocycles. The fourth-order valence-electron chi connectivity index (χ4n) is 2.03. The second kappa shape index (κ2) is 4.12. The van der Waals surface area contributed by atoms with Gasteiger partial charge in [-0.1, -0.05) is 13.8 Å². The van der Waals surface area contributed by atoms with Crippen molar-refractivity contribution in [3.63, 3.8) is 0 Å². The number of likely N-dealkylation sites (tertiary alicyclic amines) is 1. The van der Waals surface area contributed by atoms with Crippen molar-refractivity contribution in [1.82, 2.24) is 4.90 Å². The normalized spacial score (nSPS) is 22.3. The maximum absolute atomic E-state index is 12.0. The van der Waals surface area contributed by atoms with Crippen molar-refractivity contribution in [3.05, 3.63) is 0 Å². The van der Waals surface area contributed by atoms with Crippen LogP contribution in [0.4, 0.5) is 0 Å². The first-order chi connectivity index (χ1) is 6.72. The average Bonchev–Trinajstić information content (AvgIpc) is 2.23. The van der Waals surface area contributed by atoms with E-state index in [0.717, 1.165) is 25.9 Å². The van der Waals surface area contributed by atoms with E-state index in [1.165, 1.54) is 6.42 Å². The van der Waals surface area contributed by atoms with E-state index in [9.17, 15) is 4.79 Å². The van der Waals surface area contributed by atoms with Crippen molar-refractivity contribution in [3.8, 4) is 0 Å². The molecule has 3 heteroatoms. The van der Waals surface area contributed by atoms with Crippen molar-refractivity contribution in [2.75, 3.05) is 13.1 Å². The van der Waals surface area contributed by atoms with Gasteiger partial charge < -0.3 is 10.6 Å². The van der Waals surface area contributed by atoms with Crippen LogP contribution < -0.4 is 5.73 Å². The number of carbonyl (C=O) groups is 1. The van der Waals surface area contributed by atoms with Gasteiger partial charge in [-0.05, 0) is 38.5 Å². The molecule has 1 rings (SSSR count). The smallest absolute Gasteiger partial charge is 0.242 e. The molecule has 1 saturated heterocycles. The van der Waals surface area contributed by atoms with Gasteiger partial charge in [0.25, 0.3) is 0 Å². The highest BCUT2D eigenvalue weighted by molar-refractivity contribution is 5.85. The standard InChI is InChI=1S/C12H24N2O/c1-11(2)6-5-8-14(9-7-11)10(15)12(3,4)13/h5-9,13H2,1-4H3. The zero-order chi connectivity index (χ0) is 11.7. The Morgan fingerprint density at radius 2 is 1.87 bits per heavy atom. The molecule has 15 heavy (non-hydrogen) atoms. The molecule has 0 saturated carbocycles. The van der Waals surface area contributed by atoms with Crippen LogP contribution in [0.25, 0.3) is 0 Å². The van der Waals surface area contributed by atoms with Crippen molar-refractivity contribution >= 4 is 5.91 Å². The zero-order valence-electron chi connectivity index (χ0n) is 10.5. The zero-order valence-corrected chi connectivity index (χ0v) is 10.5. The number of hydrogen-bond donors (Lipinski definition) is 1. The fraction of sp³-hybridized carbons (Fsp3) is 0.917. The summed E-state index contributed by atoms with van der Waals surface area (Å²) < 4.78 is 0. The van der Waals surface area contributed by atoms with Crippen molar-refractivity contribution in [2.24, 2.45) is 11.1 Å². The fourth-order valence-corrected chi connectivity index (χ4v) is 2.03. The number of nitrogens with two attached hydrogens (primary N) is 1. The summed E-state index contributed by atoms with van der Waals surface area (Å²) in [5, 5.41) is 0. The molecule has 1 aliphatic heterocycles. The summed E-state index contributed by atoms with van der Waals surface area (Å²) >= 11 is 0. The number of hydrogen-bond acceptors (Lipinski definition) is 2. The van der Waals surface area contributed by atoms with Crippen LogP contribution in [0.2, 0.25) is 0 Å². The van der Waals surface area contributed by atoms with E-state index >= 15 is 0 Å². The first kappa shape index (κ1) is 12.5. The van der Waals surface area contributed by atoms with Gasteiger partial charge in [0.2, 0.25) is 5.91 Å². The summed E-state index contributed by atoms with van der Waals surface area (Å²) in [6.45, 7) is 9.83. The van der Waals surface area contributed by atoms with Gasteiger partial charge in [0.1, 0.15) is 0 Å². The molecule has 1 heterocycles. The highest BCUT2D eigenvalue weighted by atomic mass is 16.2. The molecule has 0 aromatic rings. The highest BCUT2D eigenvalue weighted by Gasteiger charge is 2.31. The van der Waals surface area contributed by atoms with Gasteiger partial charge in [-0.25, -0.2) is 0 Å². The quantitative estimate of drug-likeness (QED) is 0.720. The van der Waals surface area contributed by atoms with Crippen LogP contribution in [0.15, 0.2) is 0 Å². The molecular formula is C12H24N2O. The Morgan fingerprint density at radius 1 is 1.27 bits per heavy atom. The molecule has 1 aliphatic rings.